The normalized spacial score (nSPS) is 11.9. The van der Waals surface area contributed by atoms with E-state index in [1.54, 1.807) is 11.8 Å². The number of hydrogen-bond donors (Lipinski definition) is 1. The fourth-order valence-corrected chi connectivity index (χ4v) is 2.64. The van der Waals surface area contributed by atoms with Crippen molar-refractivity contribution >= 4 is 28.2 Å². The van der Waals surface area contributed by atoms with Gasteiger partial charge in [0.1, 0.15) is 0 Å². The van der Waals surface area contributed by atoms with E-state index in [9.17, 15) is 0 Å². The Morgan fingerprint density at radius 3 is 2.36 bits per heavy atom. The lowest BCUT2D eigenvalue weighted by atomic mass is 10.3. The summed E-state index contributed by atoms with van der Waals surface area (Å²) in [4.78, 5) is 0. The van der Waals surface area contributed by atoms with Crippen molar-refractivity contribution in [3.63, 3.8) is 0 Å². The third-order valence-corrected chi connectivity index (χ3v) is 2.73. The Bertz CT molecular complexity index is 238. The molecule has 2 N–H and O–H groups in total. The predicted octanol–water partition coefficient (Wildman–Crippen LogP) is 2.01. The van der Waals surface area contributed by atoms with Crippen LogP contribution in [-0.4, -0.2) is 14.9 Å². The maximum atomic E-state index is 5.43. The van der Waals surface area contributed by atoms with Gasteiger partial charge in [0.05, 0.1) is 0 Å². The maximum absolute atomic E-state index is 5.43. The summed E-state index contributed by atoms with van der Waals surface area (Å²) in [5, 5.41) is 8.17. The molecule has 1 heterocycles. The third-order valence-electron chi connectivity index (χ3n) is 0.816. The molecule has 0 aliphatic rings. The van der Waals surface area contributed by atoms with Crippen LogP contribution in [0.25, 0.3) is 0 Å². The average molecular weight is 189 g/mol. The molecule has 0 atom stereocenters. The van der Waals surface area contributed by atoms with E-state index < -0.39 is 0 Å². The van der Waals surface area contributed by atoms with Crippen LogP contribution in [0.4, 0.5) is 5.13 Å². The van der Waals surface area contributed by atoms with Crippen molar-refractivity contribution in [2.75, 3.05) is 5.73 Å². The summed E-state index contributed by atoms with van der Waals surface area (Å²) < 4.78 is 1.13. The van der Waals surface area contributed by atoms with Gasteiger partial charge in [-0.25, -0.2) is 0 Å². The molecule has 0 fully saturated rings. The van der Waals surface area contributed by atoms with Crippen LogP contribution in [0.3, 0.4) is 0 Å². The minimum atomic E-state index is 0.186. The Morgan fingerprint density at radius 2 is 2.00 bits per heavy atom. The molecule has 1 aromatic heterocycles. The quantitative estimate of drug-likeness (QED) is 0.687. The Kier molecular flexibility index (Phi) is 2.39. The maximum Gasteiger partial charge on any atom is 0.203 e. The Labute approximate surface area is 74.4 Å². The molecule has 0 saturated heterocycles. The first-order chi connectivity index (χ1) is 4.97. The SMILES string of the molecule is CC(C)(C)Sc1nnc(N)s1. The van der Waals surface area contributed by atoms with E-state index >= 15 is 0 Å². The lowest BCUT2D eigenvalue weighted by molar-refractivity contribution is 0.800. The first-order valence-electron chi connectivity index (χ1n) is 3.25. The molecule has 0 unspecified atom stereocenters. The van der Waals surface area contributed by atoms with Gasteiger partial charge in [0, 0.05) is 4.75 Å². The molecule has 1 rings (SSSR count). The van der Waals surface area contributed by atoms with Gasteiger partial charge in [-0.05, 0) is 0 Å². The molecule has 0 spiro atoms. The molecule has 0 aromatic carbocycles. The van der Waals surface area contributed by atoms with Gasteiger partial charge in [0.15, 0.2) is 4.34 Å². The minimum Gasteiger partial charge on any atom is -0.374 e. The summed E-state index contributed by atoms with van der Waals surface area (Å²) in [6.07, 6.45) is 0. The zero-order valence-electron chi connectivity index (χ0n) is 6.79. The molecule has 3 nitrogen and oxygen atoms in total. The van der Waals surface area contributed by atoms with E-state index in [2.05, 4.69) is 31.0 Å². The van der Waals surface area contributed by atoms with Crippen LogP contribution in [0.15, 0.2) is 4.34 Å². The highest BCUT2D eigenvalue weighted by Gasteiger charge is 2.14. The fraction of sp³-hybridized carbons (Fsp3) is 0.667. The molecular formula is C6H11N3S2. The zero-order valence-corrected chi connectivity index (χ0v) is 8.42. The number of aromatic nitrogens is 2. The van der Waals surface area contributed by atoms with Gasteiger partial charge in [0.2, 0.25) is 5.13 Å². The minimum absolute atomic E-state index is 0.186. The number of nitrogen functional groups attached to an aromatic ring is 1. The fourth-order valence-electron chi connectivity index (χ4n) is 0.524. The summed E-state index contributed by atoms with van der Waals surface area (Å²) in [5.41, 5.74) is 5.43. The van der Waals surface area contributed by atoms with E-state index in [1.807, 2.05) is 0 Å². The van der Waals surface area contributed by atoms with Crippen LogP contribution < -0.4 is 5.73 Å². The highest BCUT2D eigenvalue weighted by molar-refractivity contribution is 8.02. The monoisotopic (exact) mass is 189 g/mol. The highest BCUT2D eigenvalue weighted by Crippen LogP contribution is 2.33. The number of nitrogens with two attached hydrogens (primary N) is 1. The van der Waals surface area contributed by atoms with Crippen LogP contribution in [0, 0.1) is 0 Å². The van der Waals surface area contributed by atoms with Gasteiger partial charge in [0.25, 0.3) is 0 Å². The average Bonchev–Trinajstić information content (AvgIpc) is 2.10. The van der Waals surface area contributed by atoms with Gasteiger partial charge < -0.3 is 5.73 Å². The molecule has 0 saturated carbocycles. The molecule has 1 aromatic rings. The van der Waals surface area contributed by atoms with Gasteiger partial charge in [-0.15, -0.1) is 10.2 Å². The molecule has 0 amide bonds. The number of anilines is 1. The number of hydrogen-bond acceptors (Lipinski definition) is 5. The Morgan fingerprint density at radius 1 is 1.36 bits per heavy atom. The van der Waals surface area contributed by atoms with Crippen molar-refractivity contribution in [3.8, 4) is 0 Å². The van der Waals surface area contributed by atoms with E-state index in [1.165, 1.54) is 11.3 Å². The standard InChI is InChI=1S/C6H11N3S2/c1-6(2,3)11-5-9-8-4(7)10-5/h1-3H3,(H2,7,8). The second-order valence-corrected chi connectivity index (χ2v) is 6.20. The highest BCUT2D eigenvalue weighted by atomic mass is 32.2. The summed E-state index contributed by atoms with van der Waals surface area (Å²) in [6, 6.07) is 0. The number of thioether (sulfide) groups is 1. The molecule has 11 heavy (non-hydrogen) atoms. The van der Waals surface area contributed by atoms with Crippen molar-refractivity contribution in [2.45, 2.75) is 29.9 Å². The van der Waals surface area contributed by atoms with Crippen LogP contribution in [0.1, 0.15) is 20.8 Å². The van der Waals surface area contributed by atoms with Gasteiger partial charge in [-0.2, -0.15) is 0 Å². The molecule has 62 valence electrons. The third kappa shape index (κ3) is 3.07. The lowest BCUT2D eigenvalue weighted by Crippen LogP contribution is -2.06. The van der Waals surface area contributed by atoms with E-state index in [4.69, 9.17) is 5.73 Å². The summed E-state index contributed by atoms with van der Waals surface area (Å²) >= 11 is 3.12. The Balaban J connectivity index is 2.65. The summed E-state index contributed by atoms with van der Waals surface area (Å²) in [5.74, 6) is 0. The van der Waals surface area contributed by atoms with Crippen molar-refractivity contribution in [3.05, 3.63) is 0 Å². The van der Waals surface area contributed by atoms with Crippen LogP contribution in [0.2, 0.25) is 0 Å². The summed E-state index contributed by atoms with van der Waals surface area (Å²) in [6.45, 7) is 6.40. The molecule has 0 bridgehead atoms. The zero-order chi connectivity index (χ0) is 8.48. The number of rotatable bonds is 1. The van der Waals surface area contributed by atoms with Crippen molar-refractivity contribution in [1.82, 2.24) is 10.2 Å². The van der Waals surface area contributed by atoms with Crippen molar-refractivity contribution < 1.29 is 0 Å². The number of nitrogens with zero attached hydrogens (tertiary/aromatic N) is 2. The molecule has 0 radical (unpaired) electrons. The first-order valence-corrected chi connectivity index (χ1v) is 4.89. The smallest absolute Gasteiger partial charge is 0.203 e. The molecule has 5 heteroatoms. The van der Waals surface area contributed by atoms with Gasteiger partial charge in [-0.3, -0.25) is 0 Å². The largest absolute Gasteiger partial charge is 0.374 e. The van der Waals surface area contributed by atoms with E-state index in [0.29, 0.717) is 5.13 Å². The van der Waals surface area contributed by atoms with E-state index in [-0.39, 0.29) is 4.75 Å². The lowest BCUT2D eigenvalue weighted by Gasteiger charge is -2.13. The predicted molar refractivity (Wildman–Crippen MR) is 49.9 cm³/mol. The van der Waals surface area contributed by atoms with Crippen LogP contribution in [-0.2, 0) is 0 Å². The van der Waals surface area contributed by atoms with Crippen molar-refractivity contribution in [1.29, 1.82) is 0 Å². The summed E-state index contributed by atoms with van der Waals surface area (Å²) in [7, 11) is 0. The molecule has 0 aliphatic heterocycles. The van der Waals surface area contributed by atoms with Crippen LogP contribution >= 0.6 is 23.1 Å². The second-order valence-electron chi connectivity index (χ2n) is 3.12. The van der Waals surface area contributed by atoms with E-state index in [0.717, 1.165) is 4.34 Å². The topological polar surface area (TPSA) is 51.8 Å². The molecular weight excluding hydrogens is 178 g/mol. The van der Waals surface area contributed by atoms with Crippen LogP contribution in [0.5, 0.6) is 0 Å². The van der Waals surface area contributed by atoms with Gasteiger partial charge >= 0.3 is 0 Å². The van der Waals surface area contributed by atoms with Crippen molar-refractivity contribution in [2.24, 2.45) is 0 Å². The second kappa shape index (κ2) is 2.98. The molecule has 0 aliphatic carbocycles. The Hall–Kier alpha value is -0.290. The first kappa shape index (κ1) is 8.80. The van der Waals surface area contributed by atoms with Gasteiger partial charge in [-0.1, -0.05) is 43.9 Å².